The van der Waals surface area contributed by atoms with Gasteiger partial charge in [-0.25, -0.2) is 0 Å². The van der Waals surface area contributed by atoms with Gasteiger partial charge in [-0.2, -0.15) is 17.2 Å². The number of ether oxygens (including phenoxy) is 1. The molecule has 0 atom stereocenters. The predicted octanol–water partition coefficient (Wildman–Crippen LogP) is 2.37. The molecule has 0 aromatic heterocycles. The Morgan fingerprint density at radius 3 is 1.95 bits per heavy atom. The number of alkyl halides is 2. The summed E-state index contributed by atoms with van der Waals surface area (Å²) >= 11 is 0. The molecule has 0 amide bonds. The van der Waals surface area contributed by atoms with Crippen molar-refractivity contribution in [3.8, 4) is 0 Å². The van der Waals surface area contributed by atoms with Crippen molar-refractivity contribution in [2.75, 3.05) is 0 Å². The molecule has 0 radical (unpaired) electrons. The molecule has 4 saturated carbocycles. The minimum absolute atomic E-state index is 0.478. The highest BCUT2D eigenvalue weighted by Crippen LogP contribution is 2.57. The van der Waals surface area contributed by atoms with Crippen molar-refractivity contribution in [2.45, 2.75) is 55.8 Å². The highest BCUT2D eigenvalue weighted by molar-refractivity contribution is 7.86. The molecule has 0 aromatic carbocycles. The van der Waals surface area contributed by atoms with Gasteiger partial charge in [-0.05, 0) is 56.3 Å². The Balaban J connectivity index is 1.68. The first-order chi connectivity index (χ1) is 9.59. The second-order valence-corrected chi connectivity index (χ2v) is 8.41. The van der Waals surface area contributed by atoms with Gasteiger partial charge in [0.1, 0.15) is 12.0 Å². The van der Waals surface area contributed by atoms with E-state index in [9.17, 15) is 22.0 Å². The van der Waals surface area contributed by atoms with Gasteiger partial charge in [-0.1, -0.05) is 0 Å². The Morgan fingerprint density at radius 2 is 1.57 bits per heavy atom. The minimum atomic E-state index is -5.60. The van der Waals surface area contributed by atoms with Crippen molar-refractivity contribution >= 4 is 16.1 Å². The topological polar surface area (TPSA) is 80.7 Å². The maximum absolute atomic E-state index is 13.2. The third kappa shape index (κ3) is 2.79. The lowest BCUT2D eigenvalue weighted by atomic mass is 9.54. The number of carbonyl (C=O) groups excluding carboxylic acids is 1. The second kappa shape index (κ2) is 4.62. The molecule has 0 heterocycles. The van der Waals surface area contributed by atoms with Gasteiger partial charge >= 0.3 is 21.3 Å². The van der Waals surface area contributed by atoms with Crippen LogP contribution in [0.3, 0.4) is 0 Å². The highest BCUT2D eigenvalue weighted by atomic mass is 32.2. The van der Waals surface area contributed by atoms with E-state index in [1.807, 2.05) is 0 Å². The van der Waals surface area contributed by atoms with Gasteiger partial charge in [0.25, 0.3) is 0 Å². The van der Waals surface area contributed by atoms with Crippen molar-refractivity contribution in [3.05, 3.63) is 0 Å². The van der Waals surface area contributed by atoms with Crippen LogP contribution in [-0.4, -0.2) is 29.8 Å². The summed E-state index contributed by atoms with van der Waals surface area (Å²) in [7, 11) is -5.60. The molecule has 21 heavy (non-hydrogen) atoms. The van der Waals surface area contributed by atoms with Gasteiger partial charge in [-0.3, -0.25) is 9.35 Å². The second-order valence-electron chi connectivity index (χ2n) is 6.86. The summed E-state index contributed by atoms with van der Waals surface area (Å²) in [5.74, 6) is 0.183. The number of hydrogen-bond donors (Lipinski definition) is 1. The fourth-order valence-corrected chi connectivity index (χ4v) is 4.99. The minimum Gasteiger partial charge on any atom is -0.459 e. The number of rotatable bonds is 4. The van der Waals surface area contributed by atoms with E-state index in [2.05, 4.69) is 0 Å². The van der Waals surface area contributed by atoms with E-state index in [1.165, 1.54) is 0 Å². The number of carbonyl (C=O) groups is 1. The molecule has 8 heteroatoms. The van der Waals surface area contributed by atoms with Gasteiger partial charge in [0.15, 0.2) is 0 Å². The van der Waals surface area contributed by atoms with E-state index in [1.54, 1.807) is 0 Å². The molecule has 0 saturated heterocycles. The Morgan fingerprint density at radius 1 is 1.14 bits per heavy atom. The molecule has 0 aliphatic heterocycles. The van der Waals surface area contributed by atoms with Crippen molar-refractivity contribution in [3.63, 3.8) is 0 Å². The fourth-order valence-electron chi connectivity index (χ4n) is 4.69. The summed E-state index contributed by atoms with van der Waals surface area (Å²) in [6, 6.07) is 0. The fraction of sp³-hybridized carbons (Fsp3) is 0.923. The molecular formula is C13H18F2O5S. The number of esters is 1. The van der Waals surface area contributed by atoms with Crippen LogP contribution in [0.5, 0.6) is 0 Å². The quantitative estimate of drug-likeness (QED) is 0.634. The molecule has 4 bridgehead atoms. The van der Waals surface area contributed by atoms with Crippen LogP contribution < -0.4 is 0 Å². The molecule has 0 aromatic rings. The zero-order chi connectivity index (χ0) is 15.5. The SMILES string of the molecule is O=C(CC(F)(F)S(=O)(=O)O)OC12CC3CC(CC(C3)C1)C2. The standard InChI is InChI=1S/C13H18F2O5S/c14-13(15,21(17,18)19)7-11(16)20-12-4-8-1-9(5-12)3-10(2-8)6-12/h8-10H,1-7H2,(H,17,18,19). The molecule has 5 nitrogen and oxygen atoms in total. The van der Waals surface area contributed by atoms with E-state index in [0.717, 1.165) is 19.3 Å². The number of halogens is 2. The van der Waals surface area contributed by atoms with Crippen LogP contribution >= 0.6 is 0 Å². The van der Waals surface area contributed by atoms with Gasteiger partial charge in [-0.15, -0.1) is 0 Å². The van der Waals surface area contributed by atoms with Crippen LogP contribution in [0.25, 0.3) is 0 Å². The van der Waals surface area contributed by atoms with Crippen LogP contribution in [0.2, 0.25) is 0 Å². The van der Waals surface area contributed by atoms with Crippen molar-refractivity contribution < 1.29 is 31.3 Å². The number of hydrogen-bond acceptors (Lipinski definition) is 4. The smallest absolute Gasteiger partial charge is 0.380 e. The van der Waals surface area contributed by atoms with E-state index in [0.29, 0.717) is 37.0 Å². The third-order valence-corrected chi connectivity index (χ3v) is 5.94. The van der Waals surface area contributed by atoms with Crippen molar-refractivity contribution in [1.82, 2.24) is 0 Å². The predicted molar refractivity (Wildman–Crippen MR) is 68.1 cm³/mol. The Kier molecular flexibility index (Phi) is 3.33. The van der Waals surface area contributed by atoms with E-state index in [4.69, 9.17) is 9.29 Å². The van der Waals surface area contributed by atoms with Gasteiger partial charge < -0.3 is 4.74 Å². The monoisotopic (exact) mass is 324 g/mol. The van der Waals surface area contributed by atoms with E-state index >= 15 is 0 Å². The molecule has 1 N–H and O–H groups in total. The Labute approximate surface area is 121 Å². The summed E-state index contributed by atoms with van der Waals surface area (Å²) in [6.45, 7) is 0. The summed E-state index contributed by atoms with van der Waals surface area (Å²) in [5.41, 5.74) is -0.693. The van der Waals surface area contributed by atoms with E-state index < -0.39 is 33.4 Å². The van der Waals surface area contributed by atoms with Crippen LogP contribution in [0.1, 0.15) is 44.9 Å². The Bertz CT molecular complexity index is 522. The maximum atomic E-state index is 13.2. The van der Waals surface area contributed by atoms with Gasteiger partial charge in [0, 0.05) is 0 Å². The first-order valence-corrected chi connectivity index (χ1v) is 8.59. The molecule has 0 unspecified atom stereocenters. The molecule has 4 aliphatic carbocycles. The zero-order valence-electron chi connectivity index (χ0n) is 11.4. The molecule has 4 fully saturated rings. The maximum Gasteiger partial charge on any atom is 0.380 e. The van der Waals surface area contributed by atoms with Crippen LogP contribution in [0.15, 0.2) is 0 Å². The molecular weight excluding hydrogens is 306 g/mol. The lowest BCUT2D eigenvalue weighted by Crippen LogP contribution is -2.53. The first-order valence-electron chi connectivity index (χ1n) is 7.15. The van der Waals surface area contributed by atoms with Crippen LogP contribution in [0.4, 0.5) is 8.78 Å². The molecule has 4 aliphatic rings. The van der Waals surface area contributed by atoms with Gasteiger partial charge in [0.05, 0.1) is 0 Å². The van der Waals surface area contributed by atoms with Crippen LogP contribution in [-0.2, 0) is 19.6 Å². The van der Waals surface area contributed by atoms with E-state index in [-0.39, 0.29) is 0 Å². The summed E-state index contributed by atoms with van der Waals surface area (Å²) in [5, 5.41) is -4.49. The average molecular weight is 324 g/mol. The molecule has 120 valence electrons. The van der Waals surface area contributed by atoms with Crippen molar-refractivity contribution in [1.29, 1.82) is 0 Å². The average Bonchev–Trinajstić information content (AvgIpc) is 2.22. The summed E-state index contributed by atoms with van der Waals surface area (Å²) in [4.78, 5) is 11.7. The van der Waals surface area contributed by atoms with Gasteiger partial charge in [0.2, 0.25) is 0 Å². The molecule has 0 spiro atoms. The first kappa shape index (κ1) is 15.1. The Hall–Kier alpha value is -0.760. The largest absolute Gasteiger partial charge is 0.459 e. The zero-order valence-corrected chi connectivity index (χ0v) is 12.2. The normalized spacial score (nSPS) is 38.5. The lowest BCUT2D eigenvalue weighted by Gasteiger charge is -2.55. The van der Waals surface area contributed by atoms with Crippen LogP contribution in [0, 0.1) is 17.8 Å². The molecule has 4 rings (SSSR count). The third-order valence-electron chi connectivity index (χ3n) is 5.04. The lowest BCUT2D eigenvalue weighted by molar-refractivity contribution is -0.189. The summed E-state index contributed by atoms with van der Waals surface area (Å²) < 4.78 is 61.2. The summed E-state index contributed by atoms with van der Waals surface area (Å²) in [6.07, 6.45) is 3.74. The van der Waals surface area contributed by atoms with Crippen molar-refractivity contribution in [2.24, 2.45) is 17.8 Å². The highest BCUT2D eigenvalue weighted by Gasteiger charge is 2.54.